The highest BCUT2D eigenvalue weighted by Crippen LogP contribution is 2.30. The molecule has 0 saturated carbocycles. The molecule has 98 valence electrons. The third-order valence-electron chi connectivity index (χ3n) is 3.06. The molecule has 2 rings (SSSR count). The van der Waals surface area contributed by atoms with Crippen molar-refractivity contribution in [2.45, 2.75) is 27.7 Å². The number of aryl methyl sites for hydroxylation is 4. The number of hydrogen-bond acceptors (Lipinski definition) is 2. The lowest BCUT2D eigenvalue weighted by atomic mass is 10.1. The molecule has 2 aromatic rings. The molecule has 0 aromatic heterocycles. The molecular formula is C16H18O2P+. The van der Waals surface area contributed by atoms with Crippen LogP contribution in [-0.2, 0) is 4.57 Å². The second-order valence-electron chi connectivity index (χ2n) is 4.91. The first-order valence-corrected chi connectivity index (χ1v) is 7.45. The fourth-order valence-corrected chi connectivity index (χ4v) is 3.08. The van der Waals surface area contributed by atoms with Crippen LogP contribution in [0.5, 0.6) is 5.75 Å². The summed E-state index contributed by atoms with van der Waals surface area (Å²) in [5.41, 5.74) is 4.35. The molecular weight excluding hydrogens is 255 g/mol. The van der Waals surface area contributed by atoms with Gasteiger partial charge in [0.05, 0.1) is 0 Å². The van der Waals surface area contributed by atoms with Crippen molar-refractivity contribution in [3.8, 4) is 5.75 Å². The zero-order valence-electron chi connectivity index (χ0n) is 11.7. The van der Waals surface area contributed by atoms with Gasteiger partial charge < -0.3 is 0 Å². The van der Waals surface area contributed by atoms with E-state index in [0.29, 0.717) is 5.75 Å². The Morgan fingerprint density at radius 1 is 0.842 bits per heavy atom. The molecule has 19 heavy (non-hydrogen) atoms. The second kappa shape index (κ2) is 5.54. The summed E-state index contributed by atoms with van der Waals surface area (Å²) in [6, 6.07) is 11.7. The summed E-state index contributed by atoms with van der Waals surface area (Å²) in [5, 5.41) is 0.764. The van der Waals surface area contributed by atoms with Gasteiger partial charge in [0, 0.05) is 5.56 Å². The van der Waals surface area contributed by atoms with Crippen molar-refractivity contribution in [1.82, 2.24) is 0 Å². The maximum absolute atomic E-state index is 12.3. The molecule has 0 spiro atoms. The molecule has 0 saturated heterocycles. The first-order chi connectivity index (χ1) is 8.97. The highest BCUT2D eigenvalue weighted by atomic mass is 31.1. The van der Waals surface area contributed by atoms with Crippen molar-refractivity contribution in [3.63, 3.8) is 0 Å². The van der Waals surface area contributed by atoms with E-state index in [1.54, 1.807) is 0 Å². The normalized spacial score (nSPS) is 11.3. The molecule has 1 atom stereocenters. The van der Waals surface area contributed by atoms with Crippen LogP contribution in [0.25, 0.3) is 0 Å². The quantitative estimate of drug-likeness (QED) is 0.776. The number of rotatable bonds is 3. The van der Waals surface area contributed by atoms with Gasteiger partial charge in [-0.25, -0.2) is 4.52 Å². The Morgan fingerprint density at radius 3 is 2.00 bits per heavy atom. The molecule has 0 fully saturated rings. The average molecular weight is 273 g/mol. The summed E-state index contributed by atoms with van der Waals surface area (Å²) >= 11 is 0. The number of benzene rings is 2. The zero-order valence-corrected chi connectivity index (χ0v) is 12.6. The predicted molar refractivity (Wildman–Crippen MR) is 79.7 cm³/mol. The van der Waals surface area contributed by atoms with Crippen LogP contribution < -0.4 is 9.83 Å². The van der Waals surface area contributed by atoms with Crippen molar-refractivity contribution in [2.24, 2.45) is 0 Å². The third kappa shape index (κ3) is 3.21. The van der Waals surface area contributed by atoms with Gasteiger partial charge in [-0.15, -0.1) is 0 Å². The van der Waals surface area contributed by atoms with Gasteiger partial charge in [-0.1, -0.05) is 35.4 Å². The van der Waals surface area contributed by atoms with E-state index in [2.05, 4.69) is 0 Å². The largest absolute Gasteiger partial charge is 0.597 e. The summed E-state index contributed by atoms with van der Waals surface area (Å²) in [6.45, 7) is 7.98. The molecule has 0 aliphatic heterocycles. The maximum Gasteiger partial charge on any atom is 0.597 e. The van der Waals surface area contributed by atoms with Crippen LogP contribution in [0.3, 0.4) is 0 Å². The fourth-order valence-electron chi connectivity index (χ4n) is 2.05. The summed E-state index contributed by atoms with van der Waals surface area (Å²) in [4.78, 5) is 0. The lowest BCUT2D eigenvalue weighted by molar-refractivity contribution is 0.512. The molecule has 0 radical (unpaired) electrons. The van der Waals surface area contributed by atoms with Crippen molar-refractivity contribution in [2.75, 3.05) is 0 Å². The van der Waals surface area contributed by atoms with Gasteiger partial charge in [0.25, 0.3) is 0 Å². The number of hydrogen-bond donors (Lipinski definition) is 0. The Hall–Kier alpha value is -1.66. The minimum absolute atomic E-state index is 0.687. The predicted octanol–water partition coefficient (Wildman–Crippen LogP) is 4.37. The lowest BCUT2D eigenvalue weighted by Gasteiger charge is -2.01. The van der Waals surface area contributed by atoms with Crippen LogP contribution >= 0.6 is 8.03 Å². The molecule has 0 amide bonds. The van der Waals surface area contributed by atoms with Crippen LogP contribution in [0, 0.1) is 27.7 Å². The molecule has 1 unspecified atom stereocenters. The van der Waals surface area contributed by atoms with E-state index in [1.165, 1.54) is 5.56 Å². The van der Waals surface area contributed by atoms with Gasteiger partial charge in [0.15, 0.2) is 5.75 Å². The van der Waals surface area contributed by atoms with E-state index in [0.717, 1.165) is 22.0 Å². The van der Waals surface area contributed by atoms with Gasteiger partial charge in [0.1, 0.15) is 0 Å². The Bertz CT molecular complexity index is 633. The third-order valence-corrected chi connectivity index (χ3v) is 4.32. The monoisotopic (exact) mass is 273 g/mol. The first kappa shape index (κ1) is 13.8. The Kier molecular flexibility index (Phi) is 4.01. The summed E-state index contributed by atoms with van der Waals surface area (Å²) < 4.78 is 17.9. The lowest BCUT2D eigenvalue weighted by Crippen LogP contribution is -2.05. The second-order valence-corrected chi connectivity index (χ2v) is 6.09. The fraction of sp³-hybridized carbons (Fsp3) is 0.250. The van der Waals surface area contributed by atoms with Crippen LogP contribution in [0.1, 0.15) is 22.3 Å². The molecule has 2 aromatic carbocycles. The highest BCUT2D eigenvalue weighted by molar-refractivity contribution is 7.48. The first-order valence-electron chi connectivity index (χ1n) is 6.27. The molecule has 0 N–H and O–H groups in total. The van der Waals surface area contributed by atoms with Gasteiger partial charge in [-0.05, 0) is 50.0 Å². The summed E-state index contributed by atoms with van der Waals surface area (Å²) in [5.74, 6) is 0.687. The van der Waals surface area contributed by atoms with Crippen molar-refractivity contribution < 1.29 is 9.09 Å². The van der Waals surface area contributed by atoms with E-state index < -0.39 is 8.03 Å². The molecule has 0 aliphatic rings. The summed E-state index contributed by atoms with van der Waals surface area (Å²) in [7, 11) is -1.86. The molecule has 0 heterocycles. The van der Waals surface area contributed by atoms with Crippen LogP contribution in [0.4, 0.5) is 0 Å². The molecule has 0 aliphatic carbocycles. The van der Waals surface area contributed by atoms with Gasteiger partial charge in [-0.3, -0.25) is 0 Å². The smallest absolute Gasteiger partial charge is 0.250 e. The van der Waals surface area contributed by atoms with Gasteiger partial charge in [0.2, 0.25) is 5.30 Å². The topological polar surface area (TPSA) is 26.3 Å². The van der Waals surface area contributed by atoms with Crippen molar-refractivity contribution in [1.29, 1.82) is 0 Å². The van der Waals surface area contributed by atoms with Gasteiger partial charge >= 0.3 is 8.03 Å². The minimum atomic E-state index is -1.86. The Morgan fingerprint density at radius 2 is 1.42 bits per heavy atom. The van der Waals surface area contributed by atoms with E-state index in [-0.39, 0.29) is 0 Å². The maximum atomic E-state index is 12.3. The van der Waals surface area contributed by atoms with Crippen LogP contribution in [-0.4, -0.2) is 0 Å². The summed E-state index contributed by atoms with van der Waals surface area (Å²) in [6.07, 6.45) is 0. The van der Waals surface area contributed by atoms with E-state index in [4.69, 9.17) is 4.52 Å². The highest BCUT2D eigenvalue weighted by Gasteiger charge is 2.26. The van der Waals surface area contributed by atoms with Gasteiger partial charge in [-0.2, -0.15) is 0 Å². The van der Waals surface area contributed by atoms with Crippen molar-refractivity contribution in [3.05, 3.63) is 58.7 Å². The van der Waals surface area contributed by atoms with E-state index >= 15 is 0 Å². The van der Waals surface area contributed by atoms with Crippen LogP contribution in [0.2, 0.25) is 0 Å². The molecule has 2 nitrogen and oxygen atoms in total. The molecule has 3 heteroatoms. The SMILES string of the molecule is Cc1ccc(O[P+](=O)c2ccc(C)cc2C)c(C)c1. The minimum Gasteiger partial charge on any atom is -0.250 e. The van der Waals surface area contributed by atoms with Crippen molar-refractivity contribution >= 4 is 13.3 Å². The Labute approximate surface area is 115 Å². The zero-order chi connectivity index (χ0) is 14.0. The standard InChI is InChI=1S/C16H18O2P/c1-11-5-7-15(13(3)9-11)18-19(17)16-8-6-12(2)10-14(16)4/h5-10H,1-4H3/q+1. The van der Waals surface area contributed by atoms with E-state index in [1.807, 2.05) is 64.1 Å². The molecule has 0 bridgehead atoms. The Balaban J connectivity index is 2.25. The van der Waals surface area contributed by atoms with E-state index in [9.17, 15) is 4.57 Å². The van der Waals surface area contributed by atoms with Crippen LogP contribution in [0.15, 0.2) is 36.4 Å². The average Bonchev–Trinajstić information content (AvgIpc) is 2.32.